The van der Waals surface area contributed by atoms with Crippen LogP contribution < -0.4 is 19.1 Å². The highest BCUT2D eigenvalue weighted by Crippen LogP contribution is 2.50. The van der Waals surface area contributed by atoms with Crippen LogP contribution in [-0.2, 0) is 21.5 Å². The van der Waals surface area contributed by atoms with Crippen LogP contribution >= 0.6 is 0 Å². The fourth-order valence-corrected chi connectivity index (χ4v) is 6.67. The number of piperidine rings is 1. The van der Waals surface area contributed by atoms with Gasteiger partial charge in [-0.1, -0.05) is 19.1 Å². The molecule has 3 aromatic rings. The predicted octanol–water partition coefficient (Wildman–Crippen LogP) is 5.00. The van der Waals surface area contributed by atoms with E-state index in [9.17, 15) is 17.8 Å². The van der Waals surface area contributed by atoms with Crippen LogP contribution in [0.15, 0.2) is 58.3 Å². The van der Waals surface area contributed by atoms with E-state index in [2.05, 4.69) is 18.3 Å². The van der Waals surface area contributed by atoms with Crippen molar-refractivity contribution < 1.29 is 31.5 Å². The number of nitrogens with zero attached hydrogens (tertiary/aromatic N) is 2. The van der Waals surface area contributed by atoms with Crippen LogP contribution in [0.25, 0.3) is 17.2 Å². The summed E-state index contributed by atoms with van der Waals surface area (Å²) in [5, 5.41) is 3.13. The van der Waals surface area contributed by atoms with Gasteiger partial charge in [0.25, 0.3) is 11.4 Å². The Balaban J connectivity index is 1.58. The number of aryl methyl sites for hydroxylation is 3. The smallest absolute Gasteiger partial charge is 0.374 e. The van der Waals surface area contributed by atoms with Crippen molar-refractivity contribution in [2.75, 3.05) is 18.8 Å². The maximum Gasteiger partial charge on any atom is 0.374 e. The minimum Gasteiger partial charge on any atom is -0.748 e. The third-order valence-corrected chi connectivity index (χ3v) is 8.93. The van der Waals surface area contributed by atoms with Gasteiger partial charge in [-0.3, -0.25) is 4.79 Å². The summed E-state index contributed by atoms with van der Waals surface area (Å²) in [5.74, 6) is 1.61. The van der Waals surface area contributed by atoms with Crippen molar-refractivity contribution in [2.24, 2.45) is 0 Å². The molecule has 5 rings (SSSR count). The number of oxazole rings is 1. The minimum absolute atomic E-state index is 0.0425. The molecule has 3 heterocycles. The molecular weight excluding hydrogens is 554 g/mol. The molecule has 1 amide bonds. The number of quaternary nitrogens is 1. The highest BCUT2D eigenvalue weighted by molar-refractivity contribution is 7.85. The zero-order valence-corrected chi connectivity index (χ0v) is 25.6. The maximum atomic E-state index is 13.6. The quantitative estimate of drug-likeness (QED) is 0.212. The molecule has 1 aromatic heterocycles. The maximum absolute atomic E-state index is 13.6. The van der Waals surface area contributed by atoms with Crippen LogP contribution in [0.4, 0.5) is 5.69 Å². The second-order valence-corrected chi connectivity index (χ2v) is 13.0. The first kappa shape index (κ1) is 30.0. The lowest BCUT2D eigenvalue weighted by Gasteiger charge is -2.41. The predicted molar refractivity (Wildman–Crippen MR) is 161 cm³/mol. The second kappa shape index (κ2) is 12.0. The van der Waals surface area contributed by atoms with Crippen molar-refractivity contribution in [3.05, 3.63) is 70.9 Å². The molecule has 1 saturated heterocycles. The van der Waals surface area contributed by atoms with Crippen molar-refractivity contribution in [1.29, 1.82) is 0 Å². The van der Waals surface area contributed by atoms with Gasteiger partial charge in [0, 0.05) is 43.3 Å². The lowest BCUT2D eigenvalue weighted by molar-refractivity contribution is -0.677. The van der Waals surface area contributed by atoms with E-state index in [1.54, 1.807) is 0 Å². The molecule has 9 nitrogen and oxygen atoms in total. The number of allylic oxidation sites excluding steroid dienone is 2. The van der Waals surface area contributed by atoms with Crippen LogP contribution in [0.5, 0.6) is 5.75 Å². The third-order valence-electron chi connectivity index (χ3n) is 8.14. The van der Waals surface area contributed by atoms with Gasteiger partial charge in [-0.15, -0.1) is 0 Å². The van der Waals surface area contributed by atoms with Gasteiger partial charge in [0.05, 0.1) is 22.7 Å². The number of benzene rings is 2. The van der Waals surface area contributed by atoms with Crippen LogP contribution in [0.1, 0.15) is 63.0 Å². The number of fused-ring (bicyclic) bond motifs is 3. The van der Waals surface area contributed by atoms with E-state index >= 15 is 0 Å². The molecule has 2 aliphatic heterocycles. The number of amides is 1. The van der Waals surface area contributed by atoms with Gasteiger partial charge in [-0.2, -0.15) is 4.57 Å². The van der Waals surface area contributed by atoms with Gasteiger partial charge in [-0.05, 0) is 68.9 Å². The summed E-state index contributed by atoms with van der Waals surface area (Å²) in [6.07, 6.45) is 7.64. The number of ether oxygens (including phenoxy) is 1. The molecule has 1 N–H and O–H groups in total. The molecule has 42 heavy (non-hydrogen) atoms. The molecule has 0 aliphatic carbocycles. The van der Waals surface area contributed by atoms with Gasteiger partial charge < -0.3 is 19.0 Å². The first-order valence-electron chi connectivity index (χ1n) is 14.7. The van der Waals surface area contributed by atoms with Crippen LogP contribution in [0.3, 0.4) is 0 Å². The SMILES string of the molecule is CCCNC(=O)C1CCCC[N+]12C(=CC(C)=Cc1oc3ccc(C)cc3[n+]1CCCS(=O)(=O)[O-])Oc1ccc(C)cc12. The van der Waals surface area contributed by atoms with E-state index in [1.165, 1.54) is 0 Å². The monoisotopic (exact) mass is 594 g/mol. The second-order valence-electron chi connectivity index (χ2n) is 11.5. The minimum atomic E-state index is -4.32. The average molecular weight is 595 g/mol. The van der Waals surface area contributed by atoms with Gasteiger partial charge in [0.2, 0.25) is 5.58 Å². The van der Waals surface area contributed by atoms with Gasteiger partial charge in [0.15, 0.2) is 24.0 Å². The molecule has 2 atom stereocenters. The van der Waals surface area contributed by atoms with Crippen molar-refractivity contribution in [1.82, 2.24) is 9.80 Å². The van der Waals surface area contributed by atoms with E-state index in [4.69, 9.17) is 9.15 Å². The Labute approximate surface area is 247 Å². The molecule has 1 spiro atoms. The van der Waals surface area contributed by atoms with Gasteiger partial charge in [0.1, 0.15) is 0 Å². The highest BCUT2D eigenvalue weighted by atomic mass is 32.2. The molecule has 0 saturated carbocycles. The molecule has 0 bridgehead atoms. The van der Waals surface area contributed by atoms with Crippen LogP contribution in [0, 0.1) is 13.8 Å². The number of hydrogen-bond acceptors (Lipinski definition) is 6. The van der Waals surface area contributed by atoms with Crippen molar-refractivity contribution >= 4 is 38.9 Å². The Bertz CT molecular complexity index is 1670. The normalized spacial score (nSPS) is 21.6. The molecule has 2 aromatic carbocycles. The fourth-order valence-electron chi connectivity index (χ4n) is 6.19. The lowest BCUT2D eigenvalue weighted by atomic mass is 9.95. The summed E-state index contributed by atoms with van der Waals surface area (Å²) < 4.78 is 48.8. The molecule has 10 heteroatoms. The molecule has 2 unspecified atom stereocenters. The Kier molecular flexibility index (Phi) is 8.59. The molecule has 0 radical (unpaired) electrons. The van der Waals surface area contributed by atoms with Crippen molar-refractivity contribution in [2.45, 2.75) is 72.4 Å². The summed E-state index contributed by atoms with van der Waals surface area (Å²) in [5.41, 5.74) is 5.52. The summed E-state index contributed by atoms with van der Waals surface area (Å²) in [6, 6.07) is 11.7. The molecule has 224 valence electrons. The number of rotatable bonds is 9. The topological polar surface area (TPSA) is 113 Å². The zero-order valence-electron chi connectivity index (χ0n) is 24.8. The summed E-state index contributed by atoms with van der Waals surface area (Å²) in [7, 11) is -4.32. The zero-order chi connectivity index (χ0) is 30.1. The van der Waals surface area contributed by atoms with E-state index in [0.29, 0.717) is 34.9 Å². The van der Waals surface area contributed by atoms with Gasteiger partial charge >= 0.3 is 11.8 Å². The summed E-state index contributed by atoms with van der Waals surface area (Å²) in [6.45, 7) is 9.75. The third kappa shape index (κ3) is 6.02. The largest absolute Gasteiger partial charge is 0.748 e. The number of carbonyl (C=O) groups excluding carboxylic acids is 1. The number of hydrogen-bond donors (Lipinski definition) is 1. The van der Waals surface area contributed by atoms with E-state index < -0.39 is 15.9 Å². The lowest BCUT2D eigenvalue weighted by Crippen LogP contribution is -2.63. The number of aromatic nitrogens is 1. The highest BCUT2D eigenvalue weighted by Gasteiger charge is 2.55. The van der Waals surface area contributed by atoms with Crippen LogP contribution in [0.2, 0.25) is 0 Å². The average Bonchev–Trinajstić information content (AvgIpc) is 3.41. The fraction of sp³-hybridized carbons (Fsp3) is 0.438. The van der Waals surface area contributed by atoms with Crippen LogP contribution in [-0.4, -0.2) is 43.8 Å². The Morgan fingerprint density at radius 2 is 1.93 bits per heavy atom. The standard InChI is InChI=1S/C32H39N3O6S/c1-5-14-33-32(36)26-9-6-7-16-35(26)27-19-23(3)11-13-29(27)41-31(35)21-24(4)20-30-34(15-8-17-42(37,38)39)25-18-22(2)10-12-28(25)40-30/h10-13,18-21,26H,5-9,14-17H2,1-4H3/p+1. The first-order valence-corrected chi connectivity index (χ1v) is 16.3. The van der Waals surface area contributed by atoms with E-state index in [1.807, 2.05) is 67.8 Å². The molecule has 2 aliphatic rings. The Morgan fingerprint density at radius 1 is 1.17 bits per heavy atom. The molecule has 1 fully saturated rings. The number of nitrogens with one attached hydrogen (secondary N) is 1. The van der Waals surface area contributed by atoms with E-state index in [-0.39, 0.29) is 18.4 Å². The number of carbonyl (C=O) groups is 1. The molecular formula is C32H40N3O6S+. The Hall–Kier alpha value is -3.47. The first-order chi connectivity index (χ1) is 20.0. The van der Waals surface area contributed by atoms with Gasteiger partial charge in [-0.25, -0.2) is 12.9 Å². The van der Waals surface area contributed by atoms with Crippen molar-refractivity contribution in [3.8, 4) is 5.75 Å². The van der Waals surface area contributed by atoms with Crippen molar-refractivity contribution in [3.63, 3.8) is 0 Å². The summed E-state index contributed by atoms with van der Waals surface area (Å²) in [4.78, 5) is 13.6. The van der Waals surface area contributed by atoms with E-state index in [0.717, 1.165) is 65.9 Å². The summed E-state index contributed by atoms with van der Waals surface area (Å²) >= 11 is 0. The Morgan fingerprint density at radius 3 is 2.69 bits per heavy atom.